The normalized spacial score (nSPS) is 18.3. The van der Waals surface area contributed by atoms with Crippen molar-refractivity contribution in [2.45, 2.75) is 45.1 Å². The maximum absolute atomic E-state index is 5.29. The molecule has 2 aliphatic heterocycles. The summed E-state index contributed by atoms with van der Waals surface area (Å²) in [6, 6.07) is 8.18. The number of benzene rings is 1. The van der Waals surface area contributed by atoms with Crippen LogP contribution in [-0.2, 0) is 13.0 Å². The van der Waals surface area contributed by atoms with Gasteiger partial charge in [-0.3, -0.25) is 4.90 Å². The Kier molecular flexibility index (Phi) is 4.92. The molecule has 1 aromatic heterocycles. The van der Waals surface area contributed by atoms with Gasteiger partial charge in [0.2, 0.25) is 0 Å². The van der Waals surface area contributed by atoms with Crippen LogP contribution in [0.25, 0.3) is 5.69 Å². The second-order valence-corrected chi connectivity index (χ2v) is 7.10. The highest BCUT2D eigenvalue weighted by molar-refractivity contribution is 5.54. The summed E-state index contributed by atoms with van der Waals surface area (Å²) < 4.78 is 7.39. The van der Waals surface area contributed by atoms with Gasteiger partial charge in [0.1, 0.15) is 11.6 Å². The van der Waals surface area contributed by atoms with Crippen LogP contribution >= 0.6 is 0 Å². The minimum Gasteiger partial charge on any atom is -0.497 e. The van der Waals surface area contributed by atoms with Gasteiger partial charge in [0.15, 0.2) is 0 Å². The largest absolute Gasteiger partial charge is 0.497 e. The average Bonchev–Trinajstić information content (AvgIpc) is 2.84. The van der Waals surface area contributed by atoms with E-state index in [4.69, 9.17) is 9.84 Å². The van der Waals surface area contributed by atoms with E-state index >= 15 is 0 Å². The van der Waals surface area contributed by atoms with E-state index in [-0.39, 0.29) is 0 Å². The Hall–Kier alpha value is -2.01. The fourth-order valence-electron chi connectivity index (χ4n) is 3.94. The fraction of sp³-hybridized carbons (Fsp3) is 0.550. The van der Waals surface area contributed by atoms with E-state index < -0.39 is 0 Å². The fourth-order valence-corrected chi connectivity index (χ4v) is 3.94. The second kappa shape index (κ2) is 7.48. The number of hydrogen-bond donors (Lipinski definition) is 1. The number of nitrogens with zero attached hydrogens (tertiary/aromatic N) is 3. The highest BCUT2D eigenvalue weighted by atomic mass is 16.5. The van der Waals surface area contributed by atoms with Crippen molar-refractivity contribution in [1.82, 2.24) is 14.7 Å². The van der Waals surface area contributed by atoms with Crippen LogP contribution in [0, 0.1) is 0 Å². The monoisotopic (exact) mass is 340 g/mol. The molecule has 0 atom stereocenters. The van der Waals surface area contributed by atoms with Crippen molar-refractivity contribution < 1.29 is 4.74 Å². The number of nitrogens with one attached hydrogen (secondary N) is 1. The number of rotatable bonds is 4. The SMILES string of the molecule is COc1ccc(-n2nc(CN3CCCCC3)c3c2NCCCC3)cc1. The molecule has 0 amide bonds. The second-order valence-electron chi connectivity index (χ2n) is 7.10. The van der Waals surface area contributed by atoms with Gasteiger partial charge in [-0.15, -0.1) is 0 Å². The smallest absolute Gasteiger partial charge is 0.133 e. The van der Waals surface area contributed by atoms with Crippen molar-refractivity contribution in [3.05, 3.63) is 35.5 Å². The zero-order valence-electron chi connectivity index (χ0n) is 15.1. The van der Waals surface area contributed by atoms with Crippen molar-refractivity contribution in [2.75, 3.05) is 32.1 Å². The zero-order chi connectivity index (χ0) is 17.1. The van der Waals surface area contributed by atoms with Crippen molar-refractivity contribution in [1.29, 1.82) is 0 Å². The molecule has 4 rings (SSSR count). The summed E-state index contributed by atoms with van der Waals surface area (Å²) in [7, 11) is 1.70. The topological polar surface area (TPSA) is 42.3 Å². The van der Waals surface area contributed by atoms with Crippen LogP contribution in [0.4, 0.5) is 5.82 Å². The van der Waals surface area contributed by atoms with Gasteiger partial charge < -0.3 is 10.1 Å². The summed E-state index contributed by atoms with van der Waals surface area (Å²) >= 11 is 0. The van der Waals surface area contributed by atoms with Crippen molar-refractivity contribution >= 4 is 5.82 Å². The van der Waals surface area contributed by atoms with Gasteiger partial charge in [0.25, 0.3) is 0 Å². The molecule has 0 saturated carbocycles. The molecule has 1 fully saturated rings. The number of piperidine rings is 1. The highest BCUT2D eigenvalue weighted by Crippen LogP contribution is 2.30. The van der Waals surface area contributed by atoms with Crippen molar-refractivity contribution in [2.24, 2.45) is 0 Å². The molecule has 5 nitrogen and oxygen atoms in total. The number of hydrogen-bond acceptors (Lipinski definition) is 4. The third kappa shape index (κ3) is 3.52. The lowest BCUT2D eigenvalue weighted by Crippen LogP contribution is -2.29. The van der Waals surface area contributed by atoms with Crippen LogP contribution in [0.15, 0.2) is 24.3 Å². The molecule has 5 heteroatoms. The van der Waals surface area contributed by atoms with Gasteiger partial charge in [-0.05, 0) is 69.5 Å². The van der Waals surface area contributed by atoms with Gasteiger partial charge in [-0.1, -0.05) is 6.42 Å². The van der Waals surface area contributed by atoms with Gasteiger partial charge >= 0.3 is 0 Å². The van der Waals surface area contributed by atoms with Gasteiger partial charge in [0.05, 0.1) is 18.5 Å². The van der Waals surface area contributed by atoms with E-state index in [1.807, 2.05) is 12.1 Å². The van der Waals surface area contributed by atoms with E-state index in [0.717, 1.165) is 30.9 Å². The molecule has 2 aromatic rings. The van der Waals surface area contributed by atoms with Gasteiger partial charge in [-0.25, -0.2) is 4.68 Å². The average molecular weight is 340 g/mol. The van der Waals surface area contributed by atoms with Crippen molar-refractivity contribution in [3.63, 3.8) is 0 Å². The Balaban J connectivity index is 1.67. The zero-order valence-corrected chi connectivity index (χ0v) is 15.1. The summed E-state index contributed by atoms with van der Waals surface area (Å²) in [6.07, 6.45) is 7.60. The third-order valence-electron chi connectivity index (χ3n) is 5.35. The number of anilines is 1. The molecule has 0 bridgehead atoms. The number of ether oxygens (including phenoxy) is 1. The van der Waals surface area contributed by atoms with Crippen LogP contribution in [-0.4, -0.2) is 41.4 Å². The van der Waals surface area contributed by atoms with E-state index in [1.54, 1.807) is 7.11 Å². The first-order chi connectivity index (χ1) is 12.3. The quantitative estimate of drug-likeness (QED) is 0.923. The first kappa shape index (κ1) is 16.5. The summed E-state index contributed by atoms with van der Waals surface area (Å²) in [6.45, 7) is 4.42. The predicted octanol–water partition coefficient (Wildman–Crippen LogP) is 3.62. The Bertz CT molecular complexity index is 701. The summed E-state index contributed by atoms with van der Waals surface area (Å²) in [5.74, 6) is 2.07. The van der Waals surface area contributed by atoms with E-state index in [1.165, 1.54) is 62.3 Å². The lowest BCUT2D eigenvalue weighted by atomic mass is 10.1. The molecular formula is C20H28N4O. The van der Waals surface area contributed by atoms with Crippen LogP contribution < -0.4 is 10.1 Å². The molecule has 0 aliphatic carbocycles. The Morgan fingerprint density at radius 2 is 1.84 bits per heavy atom. The van der Waals surface area contributed by atoms with Crippen LogP contribution in [0.2, 0.25) is 0 Å². The minimum atomic E-state index is 0.878. The molecule has 134 valence electrons. The molecule has 1 N–H and O–H groups in total. The van der Waals surface area contributed by atoms with E-state index in [9.17, 15) is 0 Å². The summed E-state index contributed by atoms with van der Waals surface area (Å²) in [5.41, 5.74) is 3.76. The van der Waals surface area contributed by atoms with Gasteiger partial charge in [0, 0.05) is 18.7 Å². The highest BCUT2D eigenvalue weighted by Gasteiger charge is 2.22. The lowest BCUT2D eigenvalue weighted by Gasteiger charge is -2.25. The van der Waals surface area contributed by atoms with E-state index in [2.05, 4.69) is 27.0 Å². The molecule has 1 aromatic carbocycles. The predicted molar refractivity (Wildman–Crippen MR) is 101 cm³/mol. The number of aromatic nitrogens is 2. The maximum Gasteiger partial charge on any atom is 0.133 e. The molecule has 25 heavy (non-hydrogen) atoms. The first-order valence-electron chi connectivity index (χ1n) is 9.56. The minimum absolute atomic E-state index is 0.878. The molecule has 0 radical (unpaired) electrons. The molecule has 0 unspecified atom stereocenters. The van der Waals surface area contributed by atoms with Crippen LogP contribution in [0.5, 0.6) is 5.75 Å². The maximum atomic E-state index is 5.29. The molecule has 2 aliphatic rings. The van der Waals surface area contributed by atoms with Crippen LogP contribution in [0.1, 0.15) is 43.4 Å². The first-order valence-corrected chi connectivity index (χ1v) is 9.56. The molecular weight excluding hydrogens is 312 g/mol. The number of methoxy groups -OCH3 is 1. The standard InChI is InChI=1S/C20H28N4O/c1-25-17-10-8-16(9-11-17)24-20-18(7-3-4-12-21-20)19(22-24)15-23-13-5-2-6-14-23/h8-11,21H,2-7,12-15H2,1H3. The molecule has 3 heterocycles. The summed E-state index contributed by atoms with van der Waals surface area (Å²) in [5, 5.41) is 8.65. The van der Waals surface area contributed by atoms with Crippen molar-refractivity contribution in [3.8, 4) is 11.4 Å². The number of fused-ring (bicyclic) bond motifs is 1. The molecule has 1 saturated heterocycles. The summed E-state index contributed by atoms with van der Waals surface area (Å²) in [4.78, 5) is 2.56. The van der Waals surface area contributed by atoms with E-state index in [0.29, 0.717) is 0 Å². The van der Waals surface area contributed by atoms with Gasteiger partial charge in [-0.2, -0.15) is 5.10 Å². The Morgan fingerprint density at radius 3 is 2.60 bits per heavy atom. The van der Waals surface area contributed by atoms with Crippen LogP contribution in [0.3, 0.4) is 0 Å². The number of likely N-dealkylation sites (tertiary alicyclic amines) is 1. The Labute approximate surface area is 150 Å². The third-order valence-corrected chi connectivity index (χ3v) is 5.35. The Morgan fingerprint density at radius 1 is 1.04 bits per heavy atom. The molecule has 0 spiro atoms. The lowest BCUT2D eigenvalue weighted by molar-refractivity contribution is 0.217.